The predicted molar refractivity (Wildman–Crippen MR) is 60.7 cm³/mol. The fourth-order valence-corrected chi connectivity index (χ4v) is 1.35. The highest BCUT2D eigenvalue weighted by molar-refractivity contribution is 5.75. The topological polar surface area (TPSA) is 72.5 Å². The average Bonchev–Trinajstić information content (AvgIpc) is 2.28. The van der Waals surface area contributed by atoms with E-state index in [1.807, 2.05) is 19.1 Å². The average molecular weight is 223 g/mol. The number of rotatable bonds is 4. The van der Waals surface area contributed by atoms with E-state index in [1.165, 1.54) is 0 Å². The molecule has 0 spiro atoms. The number of benzene rings is 1. The molecule has 0 saturated heterocycles. The molecule has 0 bridgehead atoms. The quantitative estimate of drug-likeness (QED) is 0.744. The van der Waals surface area contributed by atoms with Gasteiger partial charge in [-0.25, -0.2) is 4.79 Å². The van der Waals surface area contributed by atoms with Crippen LogP contribution in [0.4, 0.5) is 0 Å². The minimum Gasteiger partial charge on any atom is -0.464 e. The number of hydrogen-bond donors (Lipinski definition) is 2. The third-order valence-corrected chi connectivity index (χ3v) is 2.33. The highest BCUT2D eigenvalue weighted by Crippen LogP contribution is 2.15. The molecule has 0 aliphatic rings. The molecule has 0 aromatic heterocycles. The van der Waals surface area contributed by atoms with Crippen LogP contribution in [0.1, 0.15) is 24.1 Å². The zero-order valence-electron chi connectivity index (χ0n) is 9.51. The van der Waals surface area contributed by atoms with E-state index in [2.05, 4.69) is 0 Å². The largest absolute Gasteiger partial charge is 0.464 e. The second-order valence-electron chi connectivity index (χ2n) is 3.63. The first-order valence-corrected chi connectivity index (χ1v) is 5.23. The molecule has 1 aromatic rings. The SMILES string of the molecule is CCOC(=O)[C@H](O)[C@@H](N)c1ccc(C)cc1. The number of hydrogen-bond acceptors (Lipinski definition) is 4. The van der Waals surface area contributed by atoms with Crippen molar-refractivity contribution in [2.45, 2.75) is 26.0 Å². The van der Waals surface area contributed by atoms with Crippen LogP contribution in [0.3, 0.4) is 0 Å². The molecule has 3 N–H and O–H groups in total. The van der Waals surface area contributed by atoms with E-state index in [0.29, 0.717) is 5.56 Å². The third-order valence-electron chi connectivity index (χ3n) is 2.33. The predicted octanol–water partition coefficient (Wildman–Crippen LogP) is 0.919. The molecule has 16 heavy (non-hydrogen) atoms. The fourth-order valence-electron chi connectivity index (χ4n) is 1.35. The first kappa shape index (κ1) is 12.7. The molecule has 4 heteroatoms. The number of aliphatic hydroxyl groups is 1. The van der Waals surface area contributed by atoms with Gasteiger partial charge in [0.25, 0.3) is 0 Å². The maximum absolute atomic E-state index is 11.3. The molecular formula is C12H17NO3. The van der Waals surface area contributed by atoms with Gasteiger partial charge in [-0.3, -0.25) is 0 Å². The molecule has 0 radical (unpaired) electrons. The Hall–Kier alpha value is -1.39. The van der Waals surface area contributed by atoms with E-state index in [-0.39, 0.29) is 6.61 Å². The molecule has 0 saturated carbocycles. The van der Waals surface area contributed by atoms with E-state index in [9.17, 15) is 9.90 Å². The molecule has 2 atom stereocenters. The molecule has 0 heterocycles. The van der Waals surface area contributed by atoms with E-state index in [0.717, 1.165) is 5.56 Å². The third kappa shape index (κ3) is 3.05. The summed E-state index contributed by atoms with van der Waals surface area (Å²) in [5, 5.41) is 9.64. The highest BCUT2D eigenvalue weighted by Gasteiger charge is 2.25. The van der Waals surface area contributed by atoms with Gasteiger partial charge >= 0.3 is 5.97 Å². The molecule has 0 fully saturated rings. The van der Waals surface area contributed by atoms with Gasteiger partial charge in [-0.2, -0.15) is 0 Å². The molecule has 1 rings (SSSR count). The van der Waals surface area contributed by atoms with Gasteiger partial charge in [-0.15, -0.1) is 0 Å². The van der Waals surface area contributed by atoms with Crippen molar-refractivity contribution < 1.29 is 14.6 Å². The lowest BCUT2D eigenvalue weighted by Crippen LogP contribution is -2.34. The minimum absolute atomic E-state index is 0.233. The van der Waals surface area contributed by atoms with Gasteiger partial charge in [-0.05, 0) is 19.4 Å². The maximum Gasteiger partial charge on any atom is 0.336 e. The van der Waals surface area contributed by atoms with Crippen LogP contribution in [-0.4, -0.2) is 23.8 Å². The lowest BCUT2D eigenvalue weighted by atomic mass is 10.0. The lowest BCUT2D eigenvalue weighted by molar-refractivity contribution is -0.154. The van der Waals surface area contributed by atoms with Crippen LogP contribution < -0.4 is 5.73 Å². The van der Waals surface area contributed by atoms with Crippen molar-refractivity contribution in [3.63, 3.8) is 0 Å². The fraction of sp³-hybridized carbons (Fsp3) is 0.417. The minimum atomic E-state index is -1.32. The monoisotopic (exact) mass is 223 g/mol. The summed E-state index contributed by atoms with van der Waals surface area (Å²) in [6.07, 6.45) is -1.32. The summed E-state index contributed by atoms with van der Waals surface area (Å²) in [5.74, 6) is -0.685. The van der Waals surface area contributed by atoms with E-state index >= 15 is 0 Å². The standard InChI is InChI=1S/C12H17NO3/c1-3-16-12(15)11(14)10(13)9-6-4-8(2)5-7-9/h4-7,10-11,14H,3,13H2,1-2H3/t10-,11+/m0/s1. The summed E-state index contributed by atoms with van der Waals surface area (Å²) < 4.78 is 4.70. The Morgan fingerprint density at radius 1 is 1.44 bits per heavy atom. The van der Waals surface area contributed by atoms with Crippen LogP contribution in [0.15, 0.2) is 24.3 Å². The van der Waals surface area contributed by atoms with Crippen LogP contribution >= 0.6 is 0 Å². The molecule has 4 nitrogen and oxygen atoms in total. The van der Waals surface area contributed by atoms with Crippen molar-refractivity contribution in [1.82, 2.24) is 0 Å². The second-order valence-corrected chi connectivity index (χ2v) is 3.63. The number of carbonyl (C=O) groups excluding carboxylic acids is 1. The van der Waals surface area contributed by atoms with Crippen LogP contribution in [-0.2, 0) is 9.53 Å². The number of aliphatic hydroxyl groups excluding tert-OH is 1. The summed E-state index contributed by atoms with van der Waals surface area (Å²) in [6.45, 7) is 3.87. The Kier molecular flexibility index (Phi) is 4.46. The zero-order chi connectivity index (χ0) is 12.1. The first-order valence-electron chi connectivity index (χ1n) is 5.23. The van der Waals surface area contributed by atoms with Crippen molar-refractivity contribution in [2.75, 3.05) is 6.61 Å². The Labute approximate surface area is 95.0 Å². The normalized spacial score (nSPS) is 14.2. The number of nitrogens with two attached hydrogens (primary N) is 1. The van der Waals surface area contributed by atoms with Gasteiger partial charge < -0.3 is 15.6 Å². The Morgan fingerprint density at radius 3 is 2.50 bits per heavy atom. The summed E-state index contributed by atoms with van der Waals surface area (Å²) >= 11 is 0. The smallest absolute Gasteiger partial charge is 0.336 e. The van der Waals surface area contributed by atoms with Gasteiger partial charge in [0.2, 0.25) is 0 Å². The van der Waals surface area contributed by atoms with Crippen molar-refractivity contribution >= 4 is 5.97 Å². The molecule has 0 aliphatic carbocycles. The van der Waals surface area contributed by atoms with Crippen molar-refractivity contribution in [2.24, 2.45) is 5.73 Å². The Morgan fingerprint density at radius 2 is 2.00 bits per heavy atom. The number of carbonyl (C=O) groups is 1. The molecule has 0 unspecified atom stereocenters. The summed E-state index contributed by atoms with van der Waals surface area (Å²) in [5.41, 5.74) is 7.58. The number of esters is 1. The summed E-state index contributed by atoms with van der Waals surface area (Å²) in [6, 6.07) is 6.60. The van der Waals surface area contributed by atoms with Crippen LogP contribution in [0, 0.1) is 6.92 Å². The lowest BCUT2D eigenvalue weighted by Gasteiger charge is -2.17. The van der Waals surface area contributed by atoms with E-state index < -0.39 is 18.1 Å². The summed E-state index contributed by atoms with van der Waals surface area (Å²) in [4.78, 5) is 11.3. The van der Waals surface area contributed by atoms with Crippen LogP contribution in [0.2, 0.25) is 0 Å². The summed E-state index contributed by atoms with van der Waals surface area (Å²) in [7, 11) is 0. The van der Waals surface area contributed by atoms with Crippen molar-refractivity contribution in [3.05, 3.63) is 35.4 Å². The van der Waals surface area contributed by atoms with Crippen LogP contribution in [0.25, 0.3) is 0 Å². The molecule has 1 aromatic carbocycles. The van der Waals surface area contributed by atoms with Gasteiger partial charge in [0.05, 0.1) is 12.6 Å². The molecule has 0 amide bonds. The Bertz CT molecular complexity index is 348. The van der Waals surface area contributed by atoms with E-state index in [4.69, 9.17) is 10.5 Å². The second kappa shape index (κ2) is 5.63. The van der Waals surface area contributed by atoms with Gasteiger partial charge in [-0.1, -0.05) is 29.8 Å². The Balaban J connectivity index is 2.73. The van der Waals surface area contributed by atoms with Crippen molar-refractivity contribution in [1.29, 1.82) is 0 Å². The molecule has 0 aliphatic heterocycles. The first-order chi connectivity index (χ1) is 7.56. The van der Waals surface area contributed by atoms with E-state index in [1.54, 1.807) is 19.1 Å². The number of ether oxygens (including phenoxy) is 1. The zero-order valence-corrected chi connectivity index (χ0v) is 9.51. The van der Waals surface area contributed by atoms with Crippen LogP contribution in [0.5, 0.6) is 0 Å². The molecule has 88 valence electrons. The molecular weight excluding hydrogens is 206 g/mol. The van der Waals surface area contributed by atoms with Gasteiger partial charge in [0, 0.05) is 0 Å². The number of aryl methyl sites for hydroxylation is 1. The highest BCUT2D eigenvalue weighted by atomic mass is 16.5. The maximum atomic E-state index is 11.3. The van der Waals surface area contributed by atoms with Crippen molar-refractivity contribution in [3.8, 4) is 0 Å². The van der Waals surface area contributed by atoms with Gasteiger partial charge in [0.1, 0.15) is 0 Å². The van der Waals surface area contributed by atoms with Gasteiger partial charge in [0.15, 0.2) is 6.10 Å².